The summed E-state index contributed by atoms with van der Waals surface area (Å²) in [6, 6.07) is 0. The van der Waals surface area contributed by atoms with Gasteiger partial charge in [0.1, 0.15) is 5.16 Å². The second-order valence-corrected chi connectivity index (χ2v) is 1.80. The van der Waals surface area contributed by atoms with Crippen LogP contribution in [0, 0.1) is 0 Å². The molecule has 0 aromatic heterocycles. The van der Waals surface area contributed by atoms with Crippen molar-refractivity contribution in [3.05, 3.63) is 10.7 Å². The van der Waals surface area contributed by atoms with Gasteiger partial charge in [-0.3, -0.25) is 0 Å². The lowest BCUT2D eigenvalue weighted by Crippen LogP contribution is -2.19. The average molecular weight is 155 g/mol. The van der Waals surface area contributed by atoms with Crippen LogP contribution >= 0.6 is 23.2 Å². The van der Waals surface area contributed by atoms with Crippen molar-refractivity contribution in [3.63, 3.8) is 0 Å². The zero-order valence-corrected chi connectivity index (χ0v) is 5.84. The van der Waals surface area contributed by atoms with E-state index >= 15 is 0 Å². The molecule has 3 N–H and O–H groups in total. The maximum atomic E-state index is 5.41. The van der Waals surface area contributed by atoms with Gasteiger partial charge >= 0.3 is 0 Å². The van der Waals surface area contributed by atoms with E-state index in [9.17, 15) is 0 Å². The topological polar surface area (TPSA) is 38.0 Å². The predicted molar refractivity (Wildman–Crippen MR) is 36.8 cm³/mol. The van der Waals surface area contributed by atoms with Crippen LogP contribution in [0.2, 0.25) is 0 Å². The molecule has 0 spiro atoms. The lowest BCUT2D eigenvalue weighted by atomic mass is 10.6. The van der Waals surface area contributed by atoms with Crippen molar-refractivity contribution in [3.8, 4) is 0 Å². The van der Waals surface area contributed by atoms with Crippen molar-refractivity contribution in [1.29, 1.82) is 0 Å². The summed E-state index contributed by atoms with van der Waals surface area (Å²) < 4.78 is 0. The summed E-state index contributed by atoms with van der Waals surface area (Å²) in [6.07, 6.45) is 0. The van der Waals surface area contributed by atoms with E-state index in [2.05, 4.69) is 5.32 Å². The van der Waals surface area contributed by atoms with Crippen LogP contribution in [0.1, 0.15) is 0 Å². The Labute approximate surface area is 58.6 Å². The van der Waals surface area contributed by atoms with E-state index in [1.165, 1.54) is 5.54 Å². The van der Waals surface area contributed by atoms with Crippen molar-refractivity contribution >= 4 is 23.2 Å². The highest BCUT2D eigenvalue weighted by Gasteiger charge is 1.83. The minimum Gasteiger partial charge on any atom is -0.374 e. The van der Waals surface area contributed by atoms with Gasteiger partial charge < -0.3 is 11.1 Å². The first-order chi connectivity index (χ1) is 3.81. The second-order valence-electron chi connectivity index (χ2n) is 1.17. The van der Waals surface area contributed by atoms with Crippen molar-refractivity contribution in [1.82, 2.24) is 5.32 Å². The van der Waals surface area contributed by atoms with E-state index < -0.39 is 0 Å². The maximum Gasteiger partial charge on any atom is 0.113 e. The maximum absolute atomic E-state index is 5.41. The predicted octanol–water partition coefficient (Wildman–Crippen LogP) is 0.811. The fourth-order valence-electron chi connectivity index (χ4n) is 0.230. The highest BCUT2D eigenvalue weighted by Crippen LogP contribution is 1.95. The van der Waals surface area contributed by atoms with Crippen molar-refractivity contribution in [2.45, 2.75) is 0 Å². The summed E-state index contributed by atoms with van der Waals surface area (Å²) in [7, 11) is 0. The molecule has 0 unspecified atom stereocenters. The first kappa shape index (κ1) is 8.08. The molecule has 48 valence electrons. The van der Waals surface area contributed by atoms with Crippen molar-refractivity contribution in [2.24, 2.45) is 5.73 Å². The van der Waals surface area contributed by atoms with E-state index in [1.54, 1.807) is 0 Å². The number of nitrogens with two attached hydrogens (primary N) is 1. The highest BCUT2D eigenvalue weighted by atomic mass is 35.5. The third-order valence-electron chi connectivity index (χ3n) is 0.534. The number of nitrogens with one attached hydrogen (secondary N) is 1. The fraction of sp³-hybridized carbons (Fsp3) is 0.500. The minimum absolute atomic E-state index is 0.428. The second kappa shape index (κ2) is 5.22. The Morgan fingerprint density at radius 1 is 1.75 bits per heavy atom. The molecule has 0 bridgehead atoms. The summed E-state index contributed by atoms with van der Waals surface area (Å²) in [5, 5.41) is 3.18. The smallest absolute Gasteiger partial charge is 0.113 e. The van der Waals surface area contributed by atoms with Crippen molar-refractivity contribution < 1.29 is 0 Å². The summed E-state index contributed by atoms with van der Waals surface area (Å²) >= 11 is 10.6. The van der Waals surface area contributed by atoms with Gasteiger partial charge in [0.2, 0.25) is 0 Å². The largest absolute Gasteiger partial charge is 0.374 e. The summed E-state index contributed by atoms with van der Waals surface area (Å²) in [6.45, 7) is 1.21. The van der Waals surface area contributed by atoms with Gasteiger partial charge in [0.15, 0.2) is 0 Å². The molecule has 0 heterocycles. The number of halogens is 2. The van der Waals surface area contributed by atoms with Crippen LogP contribution in [-0.4, -0.2) is 13.1 Å². The van der Waals surface area contributed by atoms with Gasteiger partial charge in [-0.2, -0.15) is 0 Å². The van der Waals surface area contributed by atoms with E-state index in [0.29, 0.717) is 18.2 Å². The molecule has 0 saturated heterocycles. The first-order valence-electron chi connectivity index (χ1n) is 2.21. The Balaban J connectivity index is 3.12. The lowest BCUT2D eigenvalue weighted by molar-refractivity contribution is 0.831. The number of rotatable bonds is 3. The number of hydrogen-bond donors (Lipinski definition) is 2. The molecule has 0 radical (unpaired) electrons. The van der Waals surface area contributed by atoms with Crippen LogP contribution in [0.25, 0.3) is 0 Å². The zero-order chi connectivity index (χ0) is 6.41. The molecular weight excluding hydrogens is 147 g/mol. The molecule has 4 heteroatoms. The Hall–Kier alpha value is 0.0800. The van der Waals surface area contributed by atoms with Gasteiger partial charge in [-0.05, 0) is 0 Å². The van der Waals surface area contributed by atoms with Gasteiger partial charge in [0, 0.05) is 18.6 Å². The molecule has 0 aliphatic rings. The quantitative estimate of drug-likeness (QED) is 0.592. The Morgan fingerprint density at radius 2 is 2.38 bits per heavy atom. The van der Waals surface area contributed by atoms with E-state index in [4.69, 9.17) is 28.9 Å². The molecule has 0 rings (SSSR count). The molecule has 0 aromatic rings. The SMILES string of the molecule is NCCNC(Cl)=CCl. The van der Waals surface area contributed by atoms with E-state index in [0.717, 1.165) is 0 Å². The molecule has 8 heavy (non-hydrogen) atoms. The Morgan fingerprint density at radius 3 is 2.75 bits per heavy atom. The van der Waals surface area contributed by atoms with Gasteiger partial charge in [-0.1, -0.05) is 23.2 Å². The molecule has 0 fully saturated rings. The monoisotopic (exact) mass is 154 g/mol. The molecule has 0 aliphatic carbocycles. The molecular formula is C4H8Cl2N2. The van der Waals surface area contributed by atoms with Gasteiger partial charge in [0.05, 0.1) is 0 Å². The molecule has 2 nitrogen and oxygen atoms in total. The van der Waals surface area contributed by atoms with Crippen LogP contribution in [0.4, 0.5) is 0 Å². The Bertz CT molecular complexity index is 82.1. The van der Waals surface area contributed by atoms with Crippen LogP contribution < -0.4 is 11.1 Å². The molecule has 0 amide bonds. The molecule has 0 atom stereocenters. The standard InChI is InChI=1S/C4H8Cl2N2/c5-3-4(6)8-2-1-7/h3,8H,1-2,7H2. The normalized spacial score (nSPS) is 11.6. The lowest BCUT2D eigenvalue weighted by Gasteiger charge is -1.97. The average Bonchev–Trinajstić information content (AvgIpc) is 1.83. The van der Waals surface area contributed by atoms with Gasteiger partial charge in [-0.15, -0.1) is 0 Å². The molecule has 0 aliphatic heterocycles. The van der Waals surface area contributed by atoms with Crippen LogP contribution in [0.5, 0.6) is 0 Å². The first-order valence-corrected chi connectivity index (χ1v) is 3.02. The van der Waals surface area contributed by atoms with Crippen LogP contribution in [0.15, 0.2) is 10.7 Å². The summed E-state index contributed by atoms with van der Waals surface area (Å²) in [5.74, 6) is 0. The van der Waals surface area contributed by atoms with Gasteiger partial charge in [0.25, 0.3) is 0 Å². The Kier molecular flexibility index (Phi) is 5.27. The van der Waals surface area contributed by atoms with Crippen molar-refractivity contribution in [2.75, 3.05) is 13.1 Å². The van der Waals surface area contributed by atoms with Crippen LogP contribution in [0.3, 0.4) is 0 Å². The minimum atomic E-state index is 0.428. The van der Waals surface area contributed by atoms with Crippen LogP contribution in [-0.2, 0) is 0 Å². The third kappa shape index (κ3) is 4.24. The van der Waals surface area contributed by atoms with Gasteiger partial charge in [-0.25, -0.2) is 0 Å². The highest BCUT2D eigenvalue weighted by molar-refractivity contribution is 6.36. The molecule has 0 aromatic carbocycles. The third-order valence-corrected chi connectivity index (χ3v) is 1.11. The number of hydrogen-bond acceptors (Lipinski definition) is 2. The molecule has 0 saturated carbocycles. The van der Waals surface area contributed by atoms with E-state index in [-0.39, 0.29) is 0 Å². The zero-order valence-electron chi connectivity index (χ0n) is 4.32. The van der Waals surface area contributed by atoms with E-state index in [1.807, 2.05) is 0 Å². The fourth-order valence-corrected chi connectivity index (χ4v) is 0.402. The summed E-state index contributed by atoms with van der Waals surface area (Å²) in [4.78, 5) is 0. The summed E-state index contributed by atoms with van der Waals surface area (Å²) in [5.41, 5.74) is 6.40.